The largest absolute Gasteiger partial charge is 0.508 e. The van der Waals surface area contributed by atoms with E-state index in [0.717, 1.165) is 39.8 Å². The lowest BCUT2D eigenvalue weighted by Gasteiger charge is -2.32. The van der Waals surface area contributed by atoms with Gasteiger partial charge in [-0.05, 0) is 197 Å². The zero-order valence-corrected chi connectivity index (χ0v) is 53.3. The normalized spacial score (nSPS) is 16.5. The monoisotopic (exact) mass is 1290 g/mol. The van der Waals surface area contributed by atoms with E-state index in [0.29, 0.717) is 27.7 Å². The van der Waals surface area contributed by atoms with E-state index in [1.54, 1.807) is 71.4 Å². The number of rotatable bonds is 13. The third kappa shape index (κ3) is 15.6. The fourth-order valence-electron chi connectivity index (χ4n) is 9.34. The number of aromatic nitrogens is 2. The lowest BCUT2D eigenvalue weighted by atomic mass is 9.49. The minimum atomic E-state index is -3.53. The number of hydrogen-bond acceptors (Lipinski definition) is 12. The van der Waals surface area contributed by atoms with Crippen molar-refractivity contribution in [2.24, 2.45) is 0 Å². The van der Waals surface area contributed by atoms with Crippen LogP contribution >= 0.6 is 15.9 Å². The van der Waals surface area contributed by atoms with Crippen LogP contribution in [0.5, 0.6) is 5.75 Å². The van der Waals surface area contributed by atoms with Crippen molar-refractivity contribution in [3.05, 3.63) is 184 Å². The number of aromatic hydroxyl groups is 1. The van der Waals surface area contributed by atoms with Crippen LogP contribution in [0.3, 0.4) is 0 Å². The molecule has 3 aliphatic heterocycles. The lowest BCUT2D eigenvalue weighted by molar-refractivity contribution is 0.00578. The number of nitrogens with zero attached hydrogens (tertiary/aromatic N) is 2. The van der Waals surface area contributed by atoms with Crippen LogP contribution in [0.25, 0.3) is 33.2 Å². The molecule has 3 aliphatic rings. The number of hydrogen-bond donors (Lipinski definition) is 5. The minimum Gasteiger partial charge on any atom is -0.508 e. The molecule has 25 heteroatoms. The summed E-state index contributed by atoms with van der Waals surface area (Å²) in [5.74, 6) is -1.41. The Morgan fingerprint density at radius 1 is 0.540 bits per heavy atom. The predicted octanol–water partition coefficient (Wildman–Crippen LogP) is 10.7. The number of phenols is 1. The molecule has 0 atom stereocenters. The van der Waals surface area contributed by atoms with E-state index in [-0.39, 0.29) is 74.1 Å². The zero-order chi connectivity index (χ0) is 63.3. The maximum atomic E-state index is 13.3. The molecular weight excluding hydrogens is 1220 g/mol. The molecule has 0 bridgehead atoms. The molecule has 5 N–H and O–H groups in total. The van der Waals surface area contributed by atoms with Gasteiger partial charge in [0, 0.05) is 76.9 Å². The highest BCUT2D eigenvalue weighted by atomic mass is 79.9. The first-order valence-corrected chi connectivity index (χ1v) is 31.8. The maximum absolute atomic E-state index is 13.3. The van der Waals surface area contributed by atoms with Gasteiger partial charge in [-0.25, -0.2) is 35.1 Å². The number of sulfonamides is 2. The minimum absolute atomic E-state index is 0.0775. The Bertz CT molecular complexity index is 3690. The van der Waals surface area contributed by atoms with E-state index in [1.165, 1.54) is 87.6 Å². The van der Waals surface area contributed by atoms with Gasteiger partial charge in [-0.1, -0.05) is 40.2 Å². The highest BCUT2D eigenvalue weighted by molar-refractivity contribution is 9.10. The van der Waals surface area contributed by atoms with Crippen LogP contribution in [0, 0.1) is 11.6 Å². The second kappa shape index (κ2) is 26.9. The van der Waals surface area contributed by atoms with Crippen LogP contribution in [0.4, 0.5) is 8.78 Å². The third-order valence-corrected chi connectivity index (χ3v) is 19.1. The molecule has 2 aromatic heterocycles. The van der Waals surface area contributed by atoms with Gasteiger partial charge in [0.05, 0.1) is 48.8 Å². The fourth-order valence-corrected chi connectivity index (χ4v) is 11.2. The summed E-state index contributed by atoms with van der Waals surface area (Å²) in [7, 11) is -5.30. The van der Waals surface area contributed by atoms with E-state index in [4.69, 9.17) is 23.4 Å². The fraction of sp³-hybridized carbons (Fsp3) is 0.323. The van der Waals surface area contributed by atoms with Crippen LogP contribution in [-0.2, 0) is 56.5 Å². The number of carbonyl (C=O) groups excluding carboxylic acids is 2. The summed E-state index contributed by atoms with van der Waals surface area (Å²) in [4.78, 5) is 26.1. The van der Waals surface area contributed by atoms with E-state index < -0.39 is 40.0 Å². The number of amides is 2. The van der Waals surface area contributed by atoms with Gasteiger partial charge in [0.2, 0.25) is 20.0 Å². The van der Waals surface area contributed by atoms with Crippen molar-refractivity contribution in [3.63, 3.8) is 0 Å². The zero-order valence-electron chi connectivity index (χ0n) is 50.0. The van der Waals surface area contributed by atoms with E-state index in [9.17, 15) is 40.3 Å². The Balaban J connectivity index is 0.000000168. The Hall–Kier alpha value is -6.77. The summed E-state index contributed by atoms with van der Waals surface area (Å²) < 4.78 is 112. The highest BCUT2D eigenvalue weighted by Crippen LogP contribution is 2.43. The molecule has 18 nitrogen and oxygen atoms in total. The predicted molar refractivity (Wildman–Crippen MR) is 336 cm³/mol. The molecule has 0 unspecified atom stereocenters. The molecule has 5 heterocycles. The number of halogens is 3. The van der Waals surface area contributed by atoms with Gasteiger partial charge in [0.25, 0.3) is 11.8 Å². The van der Waals surface area contributed by atoms with E-state index in [1.807, 2.05) is 78.3 Å². The quantitative estimate of drug-likeness (QED) is 0.0680. The highest BCUT2D eigenvalue weighted by Gasteiger charge is 2.63. The molecule has 11 rings (SSSR count). The van der Waals surface area contributed by atoms with Crippen LogP contribution < -0.4 is 20.1 Å². The second-order valence-corrected chi connectivity index (χ2v) is 27.5. The van der Waals surface area contributed by atoms with Crippen LogP contribution in [0.2, 0.25) is 0 Å². The lowest BCUT2D eigenvalue weighted by Crippen LogP contribution is -2.41. The van der Waals surface area contributed by atoms with Crippen molar-refractivity contribution in [1.29, 1.82) is 0 Å². The van der Waals surface area contributed by atoms with Crippen LogP contribution in [-0.4, -0.2) is 107 Å². The summed E-state index contributed by atoms with van der Waals surface area (Å²) in [6.07, 6.45) is 6.14. The molecule has 3 fully saturated rings. The second-order valence-electron chi connectivity index (χ2n) is 22.8. The summed E-state index contributed by atoms with van der Waals surface area (Å²) in [6, 6.07) is 34.6. The van der Waals surface area contributed by atoms with Gasteiger partial charge in [-0.3, -0.25) is 9.59 Å². The maximum Gasteiger partial charge on any atom is 0.488 e. The molecule has 6 aromatic carbocycles. The molecule has 3 saturated heterocycles. The average Bonchev–Trinajstić information content (AvgIpc) is 1.78. The van der Waals surface area contributed by atoms with Gasteiger partial charge in [0.1, 0.15) is 17.4 Å². The summed E-state index contributed by atoms with van der Waals surface area (Å²) in [6.45, 7) is 18.6. The number of ether oxygens (including phenoxy) is 1. The first-order valence-electron chi connectivity index (χ1n) is 28.0. The molecule has 0 spiro atoms. The van der Waals surface area contributed by atoms with Crippen molar-refractivity contribution in [1.82, 2.24) is 29.2 Å². The molecule has 460 valence electrons. The summed E-state index contributed by atoms with van der Waals surface area (Å²) in [5.41, 5.74) is 3.70. The van der Waals surface area contributed by atoms with E-state index >= 15 is 0 Å². The first-order chi connectivity index (χ1) is 40.9. The van der Waals surface area contributed by atoms with Crippen molar-refractivity contribution in [3.8, 4) is 17.1 Å². The molecular formula is C62H71B2BrF2N6O12S2. The molecule has 0 radical (unpaired) electrons. The number of phenolic OH excluding ortho intramolecular Hbond substituents is 1. The van der Waals surface area contributed by atoms with Crippen molar-refractivity contribution in [2.45, 2.75) is 114 Å². The Morgan fingerprint density at radius 2 is 0.897 bits per heavy atom. The average molecular weight is 1300 g/mol. The molecule has 0 aliphatic carbocycles. The van der Waals surface area contributed by atoms with E-state index in [2.05, 4.69) is 36.0 Å². The Kier molecular flexibility index (Phi) is 20.5. The topological polar surface area (TPSA) is 227 Å². The standard InChI is InChI=1S/C23H19BrFN3O3S.C23H20FN3O4S.C12H24B2O4.C4H8O/c1-26-32(30,31)19-8-2-15(3-9-19)14-27-23(29)21-12-16(24)13-22-20(21)10-11-28(22)18-6-4-17(25)5-7-18;1-25-32(30,31)19-8-2-15(3-9-19)14-26-23(29)21-12-18(28)13-22-20(21)10-11-27(22)17-6-4-16(24)5-7-17;1-9(2)10(3,4)16-13(15-9)14-17-11(5,6)12(7,8)18-14;1-2-4-5-3-1/h2-13,26H,14H2,1H3,(H,27,29);2-13,25,28H,14H2,1H3,(H,26,29);1-8H3;1-4H2. The molecule has 8 aromatic rings. The Morgan fingerprint density at radius 3 is 1.24 bits per heavy atom. The van der Waals surface area contributed by atoms with Gasteiger partial charge in [0.15, 0.2) is 0 Å². The SMILES string of the molecule is C1CCOC1.CC1(C)OB(B2OC(C)(C)C(C)(C)O2)OC1(C)C.CNS(=O)(=O)c1ccc(CNC(=O)c2cc(Br)cc3c2ccn3-c2ccc(F)cc2)cc1.CNS(=O)(=O)c1ccc(CNC(=O)c2cc(O)cc3c2ccn3-c2ccc(F)cc2)cc1. The Labute approximate surface area is 515 Å². The van der Waals surface area contributed by atoms with Gasteiger partial charge < -0.3 is 48.2 Å². The number of benzene rings is 6. The van der Waals surface area contributed by atoms with Gasteiger partial charge >= 0.3 is 14.0 Å². The van der Waals surface area contributed by atoms with Crippen molar-refractivity contribution in [2.75, 3.05) is 27.3 Å². The smallest absolute Gasteiger partial charge is 0.488 e. The molecule has 87 heavy (non-hydrogen) atoms. The van der Waals surface area contributed by atoms with Gasteiger partial charge in [-0.2, -0.15) is 0 Å². The number of fused-ring (bicyclic) bond motifs is 2. The molecule has 2 amide bonds. The van der Waals surface area contributed by atoms with Crippen molar-refractivity contribution < 1.29 is 63.7 Å². The first kappa shape index (κ1) is 66.2. The van der Waals surface area contributed by atoms with Crippen LogP contribution in [0.15, 0.2) is 160 Å². The third-order valence-electron chi connectivity index (χ3n) is 15.8. The number of carbonyl (C=O) groups is 2. The molecule has 0 saturated carbocycles. The van der Waals surface area contributed by atoms with Crippen molar-refractivity contribution >= 4 is 83.6 Å². The number of nitrogens with one attached hydrogen (secondary N) is 4. The van der Waals surface area contributed by atoms with Gasteiger partial charge in [-0.15, -0.1) is 0 Å². The van der Waals surface area contributed by atoms with Crippen LogP contribution in [0.1, 0.15) is 100 Å². The summed E-state index contributed by atoms with van der Waals surface area (Å²) in [5, 5.41) is 17.2. The summed E-state index contributed by atoms with van der Waals surface area (Å²) >= 11 is 3.47.